The van der Waals surface area contributed by atoms with E-state index < -0.39 is 10.0 Å². The van der Waals surface area contributed by atoms with Crippen molar-refractivity contribution in [2.75, 3.05) is 31.7 Å². The Hall–Kier alpha value is -0.980. The van der Waals surface area contributed by atoms with Crippen LogP contribution in [0.15, 0.2) is 18.2 Å². The predicted molar refractivity (Wildman–Crippen MR) is 80.5 cm³/mol. The van der Waals surface area contributed by atoms with Crippen LogP contribution in [0, 0.1) is 5.92 Å². The van der Waals surface area contributed by atoms with Gasteiger partial charge in [0.15, 0.2) is 0 Å². The maximum absolute atomic E-state index is 11.5. The highest BCUT2D eigenvalue weighted by Gasteiger charge is 2.26. The van der Waals surface area contributed by atoms with Crippen molar-refractivity contribution in [2.45, 2.75) is 12.8 Å². The normalized spacial score (nSPS) is 20.8. The van der Waals surface area contributed by atoms with Crippen molar-refractivity contribution in [3.8, 4) is 5.75 Å². The Bertz CT molecular complexity index is 577. The summed E-state index contributed by atoms with van der Waals surface area (Å²) in [5.41, 5.74) is 6.31. The van der Waals surface area contributed by atoms with Gasteiger partial charge in [-0.05, 0) is 31.0 Å². The molecule has 5 nitrogen and oxygen atoms in total. The van der Waals surface area contributed by atoms with Crippen molar-refractivity contribution in [3.63, 3.8) is 0 Å². The van der Waals surface area contributed by atoms with Crippen LogP contribution >= 0.6 is 11.6 Å². The minimum atomic E-state index is -3.12. The summed E-state index contributed by atoms with van der Waals surface area (Å²) in [6.45, 7) is 1.56. The molecule has 0 spiro atoms. The van der Waals surface area contributed by atoms with Crippen LogP contribution in [0.5, 0.6) is 5.75 Å². The molecule has 7 heteroatoms. The van der Waals surface area contributed by atoms with E-state index in [1.807, 2.05) is 0 Å². The SMILES string of the molecule is CS(=O)(=O)N1CCCC(COc2ccc(Cl)cc2N)C1. The summed E-state index contributed by atoms with van der Waals surface area (Å²) in [6.07, 6.45) is 3.06. The number of nitrogen functional groups attached to an aromatic ring is 1. The number of halogens is 1. The van der Waals surface area contributed by atoms with Crippen molar-refractivity contribution in [1.29, 1.82) is 0 Å². The summed E-state index contributed by atoms with van der Waals surface area (Å²) < 4.78 is 30.3. The van der Waals surface area contributed by atoms with Crippen LogP contribution in [0.25, 0.3) is 0 Å². The van der Waals surface area contributed by atoms with Gasteiger partial charge in [0.05, 0.1) is 18.6 Å². The molecule has 2 N–H and O–H groups in total. The van der Waals surface area contributed by atoms with Gasteiger partial charge in [0.25, 0.3) is 0 Å². The summed E-state index contributed by atoms with van der Waals surface area (Å²) in [7, 11) is -3.12. The summed E-state index contributed by atoms with van der Waals surface area (Å²) in [6, 6.07) is 5.09. The highest BCUT2D eigenvalue weighted by atomic mass is 35.5. The number of rotatable bonds is 4. The Labute approximate surface area is 124 Å². The second-order valence-corrected chi connectivity index (χ2v) is 7.54. The summed E-state index contributed by atoms with van der Waals surface area (Å²) in [5, 5.41) is 0.566. The number of benzene rings is 1. The molecule has 1 aromatic carbocycles. The maximum atomic E-state index is 11.5. The standard InChI is InChI=1S/C13H19ClN2O3S/c1-20(17,18)16-6-2-3-10(8-16)9-19-13-5-4-11(14)7-12(13)15/h4-5,7,10H,2-3,6,8-9,15H2,1H3. The Morgan fingerprint density at radius 1 is 1.50 bits per heavy atom. The van der Waals surface area contributed by atoms with Gasteiger partial charge in [0, 0.05) is 24.0 Å². The first-order valence-electron chi connectivity index (χ1n) is 6.49. The number of piperidine rings is 1. The monoisotopic (exact) mass is 318 g/mol. The minimum Gasteiger partial charge on any atom is -0.491 e. The van der Waals surface area contributed by atoms with E-state index in [1.54, 1.807) is 18.2 Å². The summed E-state index contributed by atoms with van der Waals surface area (Å²) >= 11 is 5.83. The lowest BCUT2D eigenvalue weighted by Gasteiger charge is -2.30. The smallest absolute Gasteiger partial charge is 0.211 e. The van der Waals surface area contributed by atoms with E-state index in [9.17, 15) is 8.42 Å². The lowest BCUT2D eigenvalue weighted by Crippen LogP contribution is -2.40. The van der Waals surface area contributed by atoms with E-state index in [-0.39, 0.29) is 5.92 Å². The molecule has 1 aliphatic rings. The molecule has 112 valence electrons. The van der Waals surface area contributed by atoms with Crippen molar-refractivity contribution in [2.24, 2.45) is 5.92 Å². The van der Waals surface area contributed by atoms with E-state index in [2.05, 4.69) is 0 Å². The van der Waals surface area contributed by atoms with Gasteiger partial charge in [-0.1, -0.05) is 11.6 Å². The molecule has 0 amide bonds. The van der Waals surface area contributed by atoms with Crippen LogP contribution < -0.4 is 10.5 Å². The molecule has 1 aromatic rings. The van der Waals surface area contributed by atoms with Gasteiger partial charge < -0.3 is 10.5 Å². The number of nitrogens with two attached hydrogens (primary N) is 1. The first-order chi connectivity index (χ1) is 9.36. The molecule has 0 saturated carbocycles. The van der Waals surface area contributed by atoms with Gasteiger partial charge in [-0.25, -0.2) is 12.7 Å². The largest absolute Gasteiger partial charge is 0.491 e. The molecule has 0 aliphatic carbocycles. The number of ether oxygens (including phenoxy) is 1. The van der Waals surface area contributed by atoms with Crippen molar-refractivity contribution >= 4 is 27.3 Å². The molecule has 1 aliphatic heterocycles. The lowest BCUT2D eigenvalue weighted by atomic mass is 10.0. The molecule has 1 fully saturated rings. The number of sulfonamides is 1. The predicted octanol–water partition coefficient (Wildman–Crippen LogP) is 1.97. The highest BCUT2D eigenvalue weighted by molar-refractivity contribution is 7.88. The van der Waals surface area contributed by atoms with Gasteiger partial charge in [0.2, 0.25) is 10.0 Å². The zero-order valence-electron chi connectivity index (χ0n) is 11.4. The van der Waals surface area contributed by atoms with Crippen LogP contribution in [-0.2, 0) is 10.0 Å². The third-order valence-corrected chi connectivity index (χ3v) is 4.90. The summed E-state index contributed by atoms with van der Waals surface area (Å²) in [4.78, 5) is 0. The third-order valence-electron chi connectivity index (χ3n) is 3.40. The van der Waals surface area contributed by atoms with Crippen molar-refractivity contribution in [1.82, 2.24) is 4.31 Å². The molecule has 1 saturated heterocycles. The van der Waals surface area contributed by atoms with Gasteiger partial charge in [-0.2, -0.15) is 0 Å². The second kappa shape index (κ2) is 6.20. The molecule has 0 aromatic heterocycles. The fourth-order valence-corrected chi connectivity index (χ4v) is 3.45. The average Bonchev–Trinajstić information content (AvgIpc) is 2.37. The third kappa shape index (κ3) is 4.01. The fourth-order valence-electron chi connectivity index (χ4n) is 2.32. The number of hydrogen-bond donors (Lipinski definition) is 1. The van der Waals surface area contributed by atoms with Gasteiger partial charge >= 0.3 is 0 Å². The van der Waals surface area contributed by atoms with Crippen LogP contribution in [0.3, 0.4) is 0 Å². The molecular formula is C13H19ClN2O3S. The lowest BCUT2D eigenvalue weighted by molar-refractivity contribution is 0.181. The average molecular weight is 319 g/mol. The number of anilines is 1. The minimum absolute atomic E-state index is 0.188. The Kier molecular flexibility index (Phi) is 4.78. The van der Waals surface area contributed by atoms with Crippen molar-refractivity contribution in [3.05, 3.63) is 23.2 Å². The highest BCUT2D eigenvalue weighted by Crippen LogP contribution is 2.26. The summed E-state index contributed by atoms with van der Waals surface area (Å²) in [5.74, 6) is 0.777. The van der Waals surface area contributed by atoms with E-state index in [1.165, 1.54) is 10.6 Å². The molecule has 20 heavy (non-hydrogen) atoms. The quantitative estimate of drug-likeness (QED) is 0.861. The fraction of sp³-hybridized carbons (Fsp3) is 0.538. The molecule has 0 bridgehead atoms. The molecule has 0 radical (unpaired) electrons. The van der Waals surface area contributed by atoms with Crippen molar-refractivity contribution < 1.29 is 13.2 Å². The molecule has 1 atom stereocenters. The molecule has 1 heterocycles. The maximum Gasteiger partial charge on any atom is 0.211 e. The molecule has 1 unspecified atom stereocenters. The van der Waals surface area contributed by atoms with Crippen LogP contribution in [0.4, 0.5) is 5.69 Å². The first-order valence-corrected chi connectivity index (χ1v) is 8.72. The topological polar surface area (TPSA) is 72.6 Å². The van der Waals surface area contributed by atoms with Crippen LogP contribution in [0.1, 0.15) is 12.8 Å². The van der Waals surface area contributed by atoms with Crippen LogP contribution in [0.2, 0.25) is 5.02 Å². The van der Waals surface area contributed by atoms with E-state index >= 15 is 0 Å². The van der Waals surface area contributed by atoms with Crippen LogP contribution in [-0.4, -0.2) is 38.7 Å². The zero-order chi connectivity index (χ0) is 14.8. The van der Waals surface area contributed by atoms with E-state index in [0.717, 1.165) is 12.8 Å². The Morgan fingerprint density at radius 2 is 2.25 bits per heavy atom. The van der Waals surface area contributed by atoms with E-state index in [0.29, 0.717) is 36.2 Å². The number of nitrogens with zero attached hydrogens (tertiary/aromatic N) is 1. The van der Waals surface area contributed by atoms with E-state index in [4.69, 9.17) is 22.1 Å². The molecular weight excluding hydrogens is 300 g/mol. The second-order valence-electron chi connectivity index (χ2n) is 5.12. The van der Waals surface area contributed by atoms with Gasteiger partial charge in [-0.15, -0.1) is 0 Å². The Balaban J connectivity index is 1.94. The first kappa shape index (κ1) is 15.4. The molecule has 2 rings (SSSR count). The van der Waals surface area contributed by atoms with Gasteiger partial charge in [0.1, 0.15) is 5.75 Å². The Morgan fingerprint density at radius 3 is 2.90 bits per heavy atom. The zero-order valence-corrected chi connectivity index (χ0v) is 13.0. The van der Waals surface area contributed by atoms with Gasteiger partial charge in [-0.3, -0.25) is 0 Å². The number of hydrogen-bond acceptors (Lipinski definition) is 4.